The minimum absolute atomic E-state index is 0.124. The van der Waals surface area contributed by atoms with Gasteiger partial charge in [0.25, 0.3) is 0 Å². The van der Waals surface area contributed by atoms with Crippen LogP contribution >= 0.6 is 12.2 Å². The molecule has 0 atom stereocenters. The molecule has 1 aromatic rings. The Hall–Kier alpha value is -1.42. The van der Waals surface area contributed by atoms with Crippen LogP contribution in [-0.4, -0.2) is 23.0 Å². The van der Waals surface area contributed by atoms with Crippen LogP contribution in [0.5, 0.6) is 5.75 Å². The van der Waals surface area contributed by atoms with Gasteiger partial charge in [0.2, 0.25) is 0 Å². The first-order valence-electron chi connectivity index (χ1n) is 8.38. The molecule has 0 bridgehead atoms. The van der Waals surface area contributed by atoms with E-state index in [1.165, 1.54) is 19.3 Å². The van der Waals surface area contributed by atoms with Gasteiger partial charge in [-0.05, 0) is 56.4 Å². The fourth-order valence-corrected chi connectivity index (χ4v) is 3.53. The lowest BCUT2D eigenvalue weighted by atomic mass is 9.90. The zero-order valence-corrected chi connectivity index (χ0v) is 14.0. The summed E-state index contributed by atoms with van der Waals surface area (Å²) >= 11 is 5.52. The fraction of sp³-hybridized carbons (Fsp3) is 0.556. The summed E-state index contributed by atoms with van der Waals surface area (Å²) in [6, 6.07) is 8.16. The average Bonchev–Trinajstić information content (AvgIpc) is 2.85. The first-order valence-corrected chi connectivity index (χ1v) is 8.79. The summed E-state index contributed by atoms with van der Waals surface area (Å²) in [6.45, 7) is 2.94. The van der Waals surface area contributed by atoms with E-state index in [0.717, 1.165) is 54.3 Å². The predicted molar refractivity (Wildman–Crippen MR) is 94.9 cm³/mol. The van der Waals surface area contributed by atoms with Crippen molar-refractivity contribution in [1.29, 1.82) is 0 Å². The zero-order valence-electron chi connectivity index (χ0n) is 13.2. The molecule has 1 saturated carbocycles. The van der Waals surface area contributed by atoms with E-state index >= 15 is 0 Å². The van der Waals surface area contributed by atoms with Crippen LogP contribution in [0.1, 0.15) is 57.4 Å². The molecular formula is C18H24N2OS. The Morgan fingerprint density at radius 3 is 2.59 bits per heavy atom. The molecule has 3 rings (SSSR count). The van der Waals surface area contributed by atoms with Crippen LogP contribution in [0.25, 0.3) is 0 Å². The molecule has 1 N–H and O–H groups in total. The van der Waals surface area contributed by atoms with Gasteiger partial charge in [-0.2, -0.15) is 0 Å². The Kier molecular flexibility index (Phi) is 4.77. The van der Waals surface area contributed by atoms with Crippen LogP contribution in [0.2, 0.25) is 0 Å². The van der Waals surface area contributed by atoms with Crippen LogP contribution in [0.15, 0.2) is 29.3 Å². The van der Waals surface area contributed by atoms with Crippen molar-refractivity contribution >= 4 is 22.9 Å². The molecule has 1 aliphatic heterocycles. The summed E-state index contributed by atoms with van der Waals surface area (Å²) in [6.07, 6.45) is 8.20. The third kappa shape index (κ3) is 3.32. The number of aliphatic imine (C=N–C) groups is 1. The Morgan fingerprint density at radius 1 is 1.18 bits per heavy atom. The Morgan fingerprint density at radius 2 is 1.91 bits per heavy atom. The second-order valence-corrected chi connectivity index (χ2v) is 6.64. The molecule has 1 aromatic carbocycles. The van der Waals surface area contributed by atoms with E-state index in [1.807, 2.05) is 12.1 Å². The van der Waals surface area contributed by atoms with Gasteiger partial charge in [-0.3, -0.25) is 4.99 Å². The number of ether oxygens (including phenoxy) is 1. The summed E-state index contributed by atoms with van der Waals surface area (Å²) < 4.78 is 5.71. The predicted octanol–water partition coefficient (Wildman–Crippen LogP) is 4.25. The Bertz CT molecular complexity index is 559. The van der Waals surface area contributed by atoms with Crippen molar-refractivity contribution in [2.45, 2.75) is 57.5 Å². The van der Waals surface area contributed by atoms with Crippen molar-refractivity contribution in [2.75, 3.05) is 6.61 Å². The third-order valence-electron chi connectivity index (χ3n) is 4.46. The van der Waals surface area contributed by atoms with E-state index in [0.29, 0.717) is 0 Å². The first kappa shape index (κ1) is 15.5. The van der Waals surface area contributed by atoms with Gasteiger partial charge in [0.05, 0.1) is 6.61 Å². The van der Waals surface area contributed by atoms with Crippen molar-refractivity contribution < 1.29 is 4.74 Å². The van der Waals surface area contributed by atoms with E-state index in [9.17, 15) is 0 Å². The molecular weight excluding hydrogens is 292 g/mol. The molecule has 1 spiro atoms. The van der Waals surface area contributed by atoms with Gasteiger partial charge in [-0.25, -0.2) is 0 Å². The molecule has 0 amide bonds. The third-order valence-corrected chi connectivity index (χ3v) is 4.76. The second-order valence-electron chi connectivity index (χ2n) is 6.23. The molecule has 0 aromatic heterocycles. The summed E-state index contributed by atoms with van der Waals surface area (Å²) in [5.74, 6) is 0.919. The maximum atomic E-state index is 5.71. The summed E-state index contributed by atoms with van der Waals surface area (Å²) in [4.78, 5) is 5.75. The molecule has 1 heterocycles. The van der Waals surface area contributed by atoms with Gasteiger partial charge in [0, 0.05) is 5.56 Å². The number of nitrogens with one attached hydrogen (secondary N) is 1. The van der Waals surface area contributed by atoms with Crippen LogP contribution in [0.3, 0.4) is 0 Å². The second kappa shape index (κ2) is 6.78. The molecule has 2 aliphatic rings. The number of nitrogens with zero attached hydrogens (tertiary/aromatic N) is 1. The normalized spacial score (nSPS) is 19.9. The van der Waals surface area contributed by atoms with Crippen molar-refractivity contribution in [3.05, 3.63) is 29.8 Å². The minimum atomic E-state index is -0.124. The fourth-order valence-electron chi connectivity index (χ4n) is 3.18. The highest BCUT2D eigenvalue weighted by atomic mass is 32.1. The van der Waals surface area contributed by atoms with E-state index in [2.05, 4.69) is 24.4 Å². The SMILES string of the molecule is CCCCOc1ccc(C2=NC3(CCCCC3)NC2=S)cc1. The molecule has 118 valence electrons. The lowest BCUT2D eigenvalue weighted by molar-refractivity contribution is 0.286. The highest BCUT2D eigenvalue weighted by molar-refractivity contribution is 7.82. The number of rotatable bonds is 5. The maximum Gasteiger partial charge on any atom is 0.131 e. The number of thiocarbonyl (C=S) groups is 1. The van der Waals surface area contributed by atoms with Gasteiger partial charge in [0.15, 0.2) is 0 Å². The van der Waals surface area contributed by atoms with Gasteiger partial charge in [-0.1, -0.05) is 32.0 Å². The molecule has 4 heteroatoms. The number of benzene rings is 1. The molecule has 0 saturated heterocycles. The molecule has 0 radical (unpaired) electrons. The van der Waals surface area contributed by atoms with Crippen LogP contribution < -0.4 is 10.1 Å². The topological polar surface area (TPSA) is 33.6 Å². The monoisotopic (exact) mass is 316 g/mol. The summed E-state index contributed by atoms with van der Waals surface area (Å²) in [5.41, 5.74) is 1.90. The van der Waals surface area contributed by atoms with Gasteiger partial charge < -0.3 is 10.1 Å². The number of hydrogen-bond donors (Lipinski definition) is 1. The first-order chi connectivity index (χ1) is 10.7. The molecule has 22 heavy (non-hydrogen) atoms. The Balaban J connectivity index is 1.73. The quantitative estimate of drug-likeness (QED) is 0.651. The smallest absolute Gasteiger partial charge is 0.131 e. The van der Waals surface area contributed by atoms with Crippen LogP contribution in [0.4, 0.5) is 0 Å². The van der Waals surface area contributed by atoms with E-state index in [4.69, 9.17) is 21.9 Å². The summed E-state index contributed by atoms with van der Waals surface area (Å²) in [5, 5.41) is 3.47. The highest BCUT2D eigenvalue weighted by Gasteiger charge is 2.38. The average molecular weight is 316 g/mol. The van der Waals surface area contributed by atoms with Crippen molar-refractivity contribution in [3.63, 3.8) is 0 Å². The van der Waals surface area contributed by atoms with Crippen LogP contribution in [0, 0.1) is 0 Å². The Labute approximate surface area is 138 Å². The lowest BCUT2D eigenvalue weighted by Crippen LogP contribution is -2.43. The number of unbranched alkanes of at least 4 members (excludes halogenated alkanes) is 1. The van der Waals surface area contributed by atoms with Crippen molar-refractivity contribution in [1.82, 2.24) is 5.32 Å². The van der Waals surface area contributed by atoms with Crippen molar-refractivity contribution in [3.8, 4) is 5.75 Å². The van der Waals surface area contributed by atoms with E-state index < -0.39 is 0 Å². The van der Waals surface area contributed by atoms with Gasteiger partial charge >= 0.3 is 0 Å². The molecule has 3 nitrogen and oxygen atoms in total. The molecule has 1 fully saturated rings. The molecule has 0 unspecified atom stereocenters. The standard InChI is InChI=1S/C18H24N2OS/c1-2-3-13-21-15-9-7-14(8-10-15)16-17(22)20-18(19-16)11-5-4-6-12-18/h7-10H,2-6,11-13H2,1H3,(H,20,22). The van der Waals surface area contributed by atoms with Crippen LogP contribution in [-0.2, 0) is 0 Å². The zero-order chi connectivity index (χ0) is 15.4. The van der Waals surface area contributed by atoms with Gasteiger partial charge in [0.1, 0.15) is 22.1 Å². The van der Waals surface area contributed by atoms with Gasteiger partial charge in [-0.15, -0.1) is 0 Å². The summed E-state index contributed by atoms with van der Waals surface area (Å²) in [7, 11) is 0. The van der Waals surface area contributed by atoms with Crippen molar-refractivity contribution in [2.24, 2.45) is 4.99 Å². The minimum Gasteiger partial charge on any atom is -0.494 e. The lowest BCUT2D eigenvalue weighted by Gasteiger charge is -2.30. The largest absolute Gasteiger partial charge is 0.494 e. The number of hydrogen-bond acceptors (Lipinski definition) is 3. The highest BCUT2D eigenvalue weighted by Crippen LogP contribution is 2.33. The van der Waals surface area contributed by atoms with E-state index in [-0.39, 0.29) is 5.66 Å². The maximum absolute atomic E-state index is 5.71. The molecule has 1 aliphatic carbocycles. The van der Waals surface area contributed by atoms with E-state index in [1.54, 1.807) is 0 Å².